The first kappa shape index (κ1) is 26.5. The number of hydrogen-bond donors (Lipinski definition) is 0. The van der Waals surface area contributed by atoms with Crippen LogP contribution in [0.25, 0.3) is 10.9 Å². The number of rotatable bonds is 4. The highest BCUT2D eigenvalue weighted by molar-refractivity contribution is 9.10. The van der Waals surface area contributed by atoms with Crippen LogP contribution in [0.4, 0.5) is 15.0 Å². The molecule has 1 aromatic heterocycles. The Morgan fingerprint density at radius 2 is 1.77 bits per heavy atom. The molecule has 2 bridgehead atoms. The van der Waals surface area contributed by atoms with Gasteiger partial charge in [-0.05, 0) is 74.5 Å². The zero-order valence-corrected chi connectivity index (χ0v) is 24.4. The molecule has 5 heterocycles. The van der Waals surface area contributed by atoms with Gasteiger partial charge >= 0.3 is 12.1 Å². The van der Waals surface area contributed by atoms with Gasteiger partial charge in [0.15, 0.2) is 5.82 Å². The van der Waals surface area contributed by atoms with E-state index in [0.29, 0.717) is 35.4 Å². The predicted octanol–water partition coefficient (Wildman–Crippen LogP) is 5.46. The number of anilines is 1. The van der Waals surface area contributed by atoms with Gasteiger partial charge in [-0.15, -0.1) is 0 Å². The summed E-state index contributed by atoms with van der Waals surface area (Å²) in [6, 6.07) is 3.67. The first-order valence-corrected chi connectivity index (χ1v) is 14.3. The molecule has 0 radical (unpaired) electrons. The van der Waals surface area contributed by atoms with Crippen molar-refractivity contribution in [2.24, 2.45) is 0 Å². The molecule has 4 aliphatic heterocycles. The second-order valence-electron chi connectivity index (χ2n) is 12.5. The fourth-order valence-electron chi connectivity index (χ4n) is 6.75. The van der Waals surface area contributed by atoms with Crippen molar-refractivity contribution in [2.45, 2.75) is 69.7 Å². The minimum atomic E-state index is -0.555. The minimum absolute atomic E-state index is 0.00488. The number of piperazine rings is 1. The van der Waals surface area contributed by atoms with Gasteiger partial charge in [0.25, 0.3) is 0 Å². The average Bonchev–Trinajstić information content (AvgIpc) is 3.42. The lowest BCUT2D eigenvalue weighted by atomic mass is 9.92. The van der Waals surface area contributed by atoms with Crippen LogP contribution in [0, 0.1) is 5.82 Å². The number of fused-ring (bicyclic) bond motifs is 4. The summed E-state index contributed by atoms with van der Waals surface area (Å²) in [4.78, 5) is 28.7. The summed E-state index contributed by atoms with van der Waals surface area (Å²) in [5, 5.41) is 0.622. The van der Waals surface area contributed by atoms with E-state index in [9.17, 15) is 4.79 Å². The van der Waals surface area contributed by atoms with Gasteiger partial charge in [0.2, 0.25) is 0 Å². The zero-order chi connectivity index (χ0) is 27.7. The van der Waals surface area contributed by atoms with Crippen molar-refractivity contribution in [3.63, 3.8) is 0 Å². The van der Waals surface area contributed by atoms with Gasteiger partial charge in [0, 0.05) is 31.6 Å². The van der Waals surface area contributed by atoms with Crippen molar-refractivity contribution in [1.29, 1.82) is 0 Å². The van der Waals surface area contributed by atoms with Crippen LogP contribution in [0.3, 0.4) is 0 Å². The first-order chi connectivity index (χ1) is 18.4. The highest BCUT2D eigenvalue weighted by Crippen LogP contribution is 2.43. The Labute approximate surface area is 237 Å². The van der Waals surface area contributed by atoms with Crippen LogP contribution in [0.5, 0.6) is 6.01 Å². The molecule has 1 amide bonds. The second kappa shape index (κ2) is 9.44. The zero-order valence-electron chi connectivity index (χ0n) is 22.8. The summed E-state index contributed by atoms with van der Waals surface area (Å²) in [7, 11) is 0. The van der Waals surface area contributed by atoms with Crippen LogP contribution in [0.15, 0.2) is 40.9 Å². The number of carbonyl (C=O) groups excluding carboxylic acids is 1. The molecule has 2 aromatic rings. The lowest BCUT2D eigenvalue weighted by molar-refractivity contribution is 0.0122. The van der Waals surface area contributed by atoms with Gasteiger partial charge in [-0.25, -0.2) is 9.18 Å². The molecule has 4 fully saturated rings. The molecule has 0 aliphatic carbocycles. The summed E-state index contributed by atoms with van der Waals surface area (Å²) in [6.45, 7) is 17.2. The van der Waals surface area contributed by atoms with Crippen molar-refractivity contribution in [1.82, 2.24) is 19.8 Å². The Balaban J connectivity index is 1.30. The maximum atomic E-state index is 15.4. The Bertz CT molecular complexity index is 1340. The van der Waals surface area contributed by atoms with E-state index in [4.69, 9.17) is 14.5 Å². The quantitative estimate of drug-likeness (QED) is 0.432. The summed E-state index contributed by atoms with van der Waals surface area (Å²) in [5.41, 5.74) is 1.81. The smallest absolute Gasteiger partial charge is 0.410 e. The fourth-order valence-corrected chi connectivity index (χ4v) is 7.07. The van der Waals surface area contributed by atoms with Gasteiger partial charge < -0.3 is 14.4 Å². The summed E-state index contributed by atoms with van der Waals surface area (Å²) >= 11 is 3.31. The Kier molecular flexibility index (Phi) is 6.41. The molecule has 0 spiro atoms. The summed E-state index contributed by atoms with van der Waals surface area (Å²) in [5.74, 6) is 0.183. The molecule has 0 N–H and O–H groups in total. The van der Waals surface area contributed by atoms with E-state index in [-0.39, 0.29) is 35.2 Å². The van der Waals surface area contributed by atoms with Crippen molar-refractivity contribution in [3.05, 3.63) is 46.7 Å². The number of aromatic nitrogens is 2. The normalized spacial score (nSPS) is 24.5. The van der Waals surface area contributed by atoms with Gasteiger partial charge in [0.05, 0.1) is 22.1 Å². The standard InChI is InChI=1S/C29H35BrFN5O3/c1-17-10-29(11-18(2)13-35(29)12-17)16-38-26-32-24-21(8-9-22(30)23(24)31)25(33-26)34-14-19-6-7-20(15-34)36(19)27(37)39-28(3,4)5/h8-9,19-20H,1-2,6-7,10-16H2,3-5H3. The third-order valence-electron chi connectivity index (χ3n) is 8.23. The molecular formula is C29H35BrFN5O3. The fraction of sp³-hybridized carbons (Fsp3) is 0.552. The number of halogens is 2. The number of carbonyl (C=O) groups is 1. The van der Waals surface area contributed by atoms with Crippen LogP contribution >= 0.6 is 15.9 Å². The topological polar surface area (TPSA) is 71.0 Å². The minimum Gasteiger partial charge on any atom is -0.461 e. The molecular weight excluding hydrogens is 565 g/mol. The summed E-state index contributed by atoms with van der Waals surface area (Å²) in [6.07, 6.45) is 3.17. The number of benzene rings is 1. The number of amides is 1. The number of ether oxygens (including phenoxy) is 2. The molecule has 10 heteroatoms. The van der Waals surface area contributed by atoms with E-state index >= 15 is 4.39 Å². The van der Waals surface area contributed by atoms with E-state index < -0.39 is 11.4 Å². The average molecular weight is 601 g/mol. The van der Waals surface area contributed by atoms with Crippen LogP contribution in [0.2, 0.25) is 0 Å². The van der Waals surface area contributed by atoms with Crippen LogP contribution in [-0.4, -0.2) is 81.9 Å². The molecule has 6 rings (SSSR count). The molecule has 4 aliphatic rings. The van der Waals surface area contributed by atoms with Crippen molar-refractivity contribution in [3.8, 4) is 6.01 Å². The maximum absolute atomic E-state index is 15.4. The van der Waals surface area contributed by atoms with Gasteiger partial charge in [-0.2, -0.15) is 9.97 Å². The van der Waals surface area contributed by atoms with Crippen molar-refractivity contribution < 1.29 is 18.7 Å². The molecule has 2 unspecified atom stereocenters. The van der Waals surface area contributed by atoms with E-state index in [2.05, 4.69) is 43.9 Å². The third kappa shape index (κ3) is 4.79. The molecule has 8 nitrogen and oxygen atoms in total. The highest BCUT2D eigenvalue weighted by Gasteiger charge is 2.48. The monoisotopic (exact) mass is 599 g/mol. The van der Waals surface area contributed by atoms with E-state index in [1.54, 1.807) is 6.07 Å². The molecule has 2 atom stereocenters. The van der Waals surface area contributed by atoms with Gasteiger partial charge in [-0.3, -0.25) is 9.80 Å². The van der Waals surface area contributed by atoms with E-state index in [1.165, 1.54) is 11.1 Å². The molecule has 208 valence electrons. The third-order valence-corrected chi connectivity index (χ3v) is 8.85. The molecule has 39 heavy (non-hydrogen) atoms. The molecule has 1 aromatic carbocycles. The van der Waals surface area contributed by atoms with Crippen LogP contribution in [-0.2, 0) is 4.74 Å². The van der Waals surface area contributed by atoms with Crippen LogP contribution in [0.1, 0.15) is 46.5 Å². The van der Waals surface area contributed by atoms with Gasteiger partial charge in [0.1, 0.15) is 23.5 Å². The summed E-state index contributed by atoms with van der Waals surface area (Å²) < 4.78 is 27.7. The Morgan fingerprint density at radius 1 is 1.13 bits per heavy atom. The second-order valence-corrected chi connectivity index (χ2v) is 13.3. The lowest BCUT2D eigenvalue weighted by Crippen LogP contribution is -2.57. The maximum Gasteiger partial charge on any atom is 0.410 e. The highest BCUT2D eigenvalue weighted by atomic mass is 79.9. The Hall–Kier alpha value is -2.72. The van der Waals surface area contributed by atoms with Crippen molar-refractivity contribution in [2.75, 3.05) is 37.7 Å². The van der Waals surface area contributed by atoms with Crippen molar-refractivity contribution >= 4 is 38.7 Å². The van der Waals surface area contributed by atoms with E-state index in [0.717, 1.165) is 38.8 Å². The Morgan fingerprint density at radius 3 is 2.38 bits per heavy atom. The SMILES string of the molecule is C=C1CN2CC(=C)CC2(COc2nc(N3CC4CCC(C3)N4C(=O)OC(C)(C)C)c3ccc(Br)c(F)c3n2)C1. The molecule has 0 saturated carbocycles. The lowest BCUT2D eigenvalue weighted by Gasteiger charge is -2.42. The van der Waals surface area contributed by atoms with Gasteiger partial charge in [-0.1, -0.05) is 24.3 Å². The first-order valence-electron chi connectivity index (χ1n) is 13.6. The number of nitrogens with zero attached hydrogens (tertiary/aromatic N) is 5. The van der Waals surface area contributed by atoms with E-state index in [1.807, 2.05) is 31.7 Å². The van der Waals surface area contributed by atoms with Crippen LogP contribution < -0.4 is 9.64 Å². The predicted molar refractivity (Wildman–Crippen MR) is 152 cm³/mol. The molecule has 4 saturated heterocycles. The largest absolute Gasteiger partial charge is 0.461 e. The number of hydrogen-bond acceptors (Lipinski definition) is 7.